The average Bonchev–Trinajstić information content (AvgIpc) is 2.29. The van der Waals surface area contributed by atoms with E-state index in [1.807, 2.05) is 0 Å². The molecule has 1 amide bonds. The number of halogens is 3. The van der Waals surface area contributed by atoms with Gasteiger partial charge in [-0.05, 0) is 28.1 Å². The number of nitrogens with one attached hydrogen (secondary N) is 2. The predicted octanol–water partition coefficient (Wildman–Crippen LogP) is 2.18. The maximum Gasteiger partial charge on any atom is 0.413 e. The Morgan fingerprint density at radius 1 is 1.59 bits per heavy atom. The molecule has 2 N–H and O–H groups in total. The van der Waals surface area contributed by atoms with Crippen LogP contribution in [0.1, 0.15) is 0 Å². The minimum absolute atomic E-state index is 0.221. The lowest BCUT2D eigenvalue weighted by Crippen LogP contribution is -2.34. The number of nitrogens with zero attached hydrogens (tertiary/aromatic N) is 1. The second kappa shape index (κ2) is 5.82. The van der Waals surface area contributed by atoms with Gasteiger partial charge in [-0.1, -0.05) is 0 Å². The van der Waals surface area contributed by atoms with Crippen LogP contribution in [-0.4, -0.2) is 23.3 Å². The lowest BCUT2D eigenvalue weighted by Gasteiger charge is -2.09. The van der Waals surface area contributed by atoms with Crippen LogP contribution >= 0.6 is 28.1 Å². The summed E-state index contributed by atoms with van der Waals surface area (Å²) in [5.74, 6) is -2.13. The summed E-state index contributed by atoms with van der Waals surface area (Å²) in [6, 6.07) is 0. The van der Waals surface area contributed by atoms with Crippen LogP contribution in [0.2, 0.25) is 0 Å². The smallest absolute Gasteiger partial charge is 0.413 e. The molecule has 17 heavy (non-hydrogen) atoms. The van der Waals surface area contributed by atoms with Gasteiger partial charge >= 0.3 is 6.09 Å². The predicted molar refractivity (Wildman–Crippen MR) is 63.6 cm³/mol. The Morgan fingerprint density at radius 3 is 2.82 bits per heavy atom. The first-order chi connectivity index (χ1) is 7.95. The first-order valence-corrected chi connectivity index (χ1v) is 5.31. The zero-order valence-electron chi connectivity index (χ0n) is 8.38. The molecule has 0 aliphatic heterocycles. The van der Waals surface area contributed by atoms with Gasteiger partial charge in [-0.2, -0.15) is 0 Å². The van der Waals surface area contributed by atoms with Gasteiger partial charge in [0.15, 0.2) is 22.6 Å². The van der Waals surface area contributed by atoms with E-state index in [0.29, 0.717) is 0 Å². The molecule has 0 aliphatic carbocycles. The number of pyridine rings is 1. The Bertz CT molecular complexity index is 472. The number of amides is 1. The largest absolute Gasteiger partial charge is 0.453 e. The Labute approximate surface area is 109 Å². The monoisotopic (exact) mass is 325 g/mol. The second-order valence-electron chi connectivity index (χ2n) is 2.65. The number of aromatic nitrogens is 1. The van der Waals surface area contributed by atoms with E-state index in [0.717, 1.165) is 13.3 Å². The summed E-state index contributed by atoms with van der Waals surface area (Å²) in [6.07, 6.45) is -0.0138. The third-order valence-electron chi connectivity index (χ3n) is 1.55. The molecule has 0 spiro atoms. The molecular weight excluding hydrogens is 320 g/mol. The van der Waals surface area contributed by atoms with Gasteiger partial charge in [0.25, 0.3) is 0 Å². The third-order valence-corrected chi connectivity index (χ3v) is 2.48. The first-order valence-electron chi connectivity index (χ1n) is 4.11. The third kappa shape index (κ3) is 3.56. The zero-order valence-corrected chi connectivity index (χ0v) is 10.8. The number of carbonyl (C=O) groups is 1. The van der Waals surface area contributed by atoms with Crippen molar-refractivity contribution >= 4 is 45.2 Å². The highest BCUT2D eigenvalue weighted by Crippen LogP contribution is 2.23. The number of thiocarbonyl (C=S) groups is 1. The Kier molecular flexibility index (Phi) is 4.70. The summed E-state index contributed by atoms with van der Waals surface area (Å²) >= 11 is 7.37. The summed E-state index contributed by atoms with van der Waals surface area (Å²) in [5.41, 5.74) is 0. The van der Waals surface area contributed by atoms with Crippen LogP contribution in [0.4, 0.5) is 19.4 Å². The molecule has 0 fully saturated rings. The summed E-state index contributed by atoms with van der Waals surface area (Å²) in [6.45, 7) is 0. The van der Waals surface area contributed by atoms with Crippen LogP contribution in [0.15, 0.2) is 10.7 Å². The molecule has 0 saturated carbocycles. The van der Waals surface area contributed by atoms with Gasteiger partial charge in [0.1, 0.15) is 0 Å². The highest BCUT2D eigenvalue weighted by atomic mass is 79.9. The van der Waals surface area contributed by atoms with E-state index in [-0.39, 0.29) is 15.4 Å². The lowest BCUT2D eigenvalue weighted by molar-refractivity contribution is 0.177. The van der Waals surface area contributed by atoms with E-state index in [9.17, 15) is 13.6 Å². The molecule has 0 atom stereocenters. The SMILES string of the molecule is COC(=O)NC(=S)Nc1ncc(F)c(Br)c1F. The number of hydrogen-bond acceptors (Lipinski definition) is 4. The summed E-state index contributed by atoms with van der Waals surface area (Å²) < 4.78 is 30.2. The molecule has 1 aromatic heterocycles. The van der Waals surface area contributed by atoms with Crippen LogP contribution in [0, 0.1) is 11.6 Å². The van der Waals surface area contributed by atoms with Crippen molar-refractivity contribution in [1.29, 1.82) is 0 Å². The van der Waals surface area contributed by atoms with Gasteiger partial charge in [0, 0.05) is 0 Å². The van der Waals surface area contributed by atoms with E-state index >= 15 is 0 Å². The van der Waals surface area contributed by atoms with Crippen molar-refractivity contribution in [2.75, 3.05) is 12.4 Å². The van der Waals surface area contributed by atoms with E-state index in [1.165, 1.54) is 0 Å². The number of rotatable bonds is 1. The van der Waals surface area contributed by atoms with Crippen LogP contribution in [-0.2, 0) is 4.74 Å². The Balaban J connectivity index is 2.79. The van der Waals surface area contributed by atoms with Crippen molar-refractivity contribution in [3.8, 4) is 0 Å². The molecule has 0 radical (unpaired) electrons. The molecule has 1 heterocycles. The van der Waals surface area contributed by atoms with Crippen LogP contribution < -0.4 is 10.6 Å². The van der Waals surface area contributed by atoms with Crippen molar-refractivity contribution < 1.29 is 18.3 Å². The van der Waals surface area contributed by atoms with Crippen molar-refractivity contribution in [3.05, 3.63) is 22.3 Å². The topological polar surface area (TPSA) is 63.2 Å². The fraction of sp³-hybridized carbons (Fsp3) is 0.125. The molecule has 0 unspecified atom stereocenters. The molecule has 92 valence electrons. The van der Waals surface area contributed by atoms with Crippen molar-refractivity contribution in [3.63, 3.8) is 0 Å². The highest BCUT2D eigenvalue weighted by molar-refractivity contribution is 9.10. The fourth-order valence-electron chi connectivity index (χ4n) is 0.813. The van der Waals surface area contributed by atoms with Crippen LogP contribution in [0.3, 0.4) is 0 Å². The van der Waals surface area contributed by atoms with Crippen molar-refractivity contribution in [2.45, 2.75) is 0 Å². The van der Waals surface area contributed by atoms with Crippen LogP contribution in [0.5, 0.6) is 0 Å². The fourth-order valence-corrected chi connectivity index (χ4v) is 1.28. The molecule has 0 aromatic carbocycles. The number of anilines is 1. The Morgan fingerprint density at radius 2 is 2.24 bits per heavy atom. The van der Waals surface area contributed by atoms with Crippen molar-refractivity contribution in [2.24, 2.45) is 0 Å². The molecule has 0 saturated heterocycles. The van der Waals surface area contributed by atoms with E-state index in [2.05, 4.69) is 48.5 Å². The lowest BCUT2D eigenvalue weighted by atomic mass is 10.4. The average molecular weight is 326 g/mol. The van der Waals surface area contributed by atoms with Crippen LogP contribution in [0.25, 0.3) is 0 Å². The minimum Gasteiger partial charge on any atom is -0.453 e. The molecule has 9 heteroatoms. The second-order valence-corrected chi connectivity index (χ2v) is 3.85. The first kappa shape index (κ1) is 13.7. The normalized spacial score (nSPS) is 9.65. The van der Waals surface area contributed by atoms with Gasteiger partial charge < -0.3 is 10.1 Å². The molecular formula is C8H6BrF2N3O2S. The maximum absolute atomic E-state index is 13.4. The summed E-state index contributed by atoms with van der Waals surface area (Å²) in [5, 5.41) is 4.14. The quantitative estimate of drug-likeness (QED) is 0.775. The highest BCUT2D eigenvalue weighted by Gasteiger charge is 2.14. The van der Waals surface area contributed by atoms with Gasteiger partial charge in [0.05, 0.1) is 17.8 Å². The number of alkyl carbamates (subject to hydrolysis) is 1. The van der Waals surface area contributed by atoms with Crippen molar-refractivity contribution in [1.82, 2.24) is 10.3 Å². The van der Waals surface area contributed by atoms with Gasteiger partial charge in [-0.15, -0.1) is 0 Å². The Hall–Kier alpha value is -1.35. The van der Waals surface area contributed by atoms with E-state index in [4.69, 9.17) is 0 Å². The maximum atomic E-state index is 13.4. The van der Waals surface area contributed by atoms with Gasteiger partial charge in [-0.3, -0.25) is 5.32 Å². The van der Waals surface area contributed by atoms with E-state index in [1.54, 1.807) is 0 Å². The minimum atomic E-state index is -0.959. The summed E-state index contributed by atoms with van der Waals surface area (Å²) in [7, 11) is 1.14. The van der Waals surface area contributed by atoms with Gasteiger partial charge in [-0.25, -0.2) is 18.6 Å². The number of ether oxygens (including phenoxy) is 1. The molecule has 0 bridgehead atoms. The molecule has 1 rings (SSSR count). The molecule has 0 aliphatic rings. The van der Waals surface area contributed by atoms with Gasteiger partial charge in [0.2, 0.25) is 0 Å². The van der Waals surface area contributed by atoms with E-state index < -0.39 is 17.7 Å². The number of methoxy groups -OCH3 is 1. The number of hydrogen-bond donors (Lipinski definition) is 2. The summed E-state index contributed by atoms with van der Waals surface area (Å²) in [4.78, 5) is 14.2. The standard InChI is InChI=1S/C8H6BrF2N3O2S/c1-16-8(15)14-7(17)13-6-5(11)4(9)3(10)2-12-6/h2H,1H3,(H2,12,13,14,15,17). The zero-order chi connectivity index (χ0) is 13.0. The number of carbonyl (C=O) groups excluding carboxylic acids is 1. The molecule has 5 nitrogen and oxygen atoms in total. The molecule has 1 aromatic rings.